The summed E-state index contributed by atoms with van der Waals surface area (Å²) in [7, 11) is 0. The number of hydrogen-bond acceptors (Lipinski definition) is 4. The minimum absolute atomic E-state index is 0.293. The number of halogens is 9. The van der Waals surface area contributed by atoms with E-state index in [-0.39, 0.29) is 5.69 Å². The number of carbonyl (C=O) groups is 2. The molecule has 0 saturated carbocycles. The predicted molar refractivity (Wildman–Crippen MR) is 119 cm³/mol. The molecule has 0 heterocycles. The molecule has 2 amide bonds. The SMILES string of the molecule is Nc1ccc(C(=O)Nc2ccc(C(=O)Nc3ccc(N)c(C(F)(F)F)c3)c(C(F)(F)F)c2)c(C(F)(F)F)c1. The highest BCUT2D eigenvalue weighted by atomic mass is 19.4. The molecule has 0 aliphatic heterocycles. The fourth-order valence-electron chi connectivity index (χ4n) is 3.33. The van der Waals surface area contributed by atoms with Crippen molar-refractivity contribution in [3.8, 4) is 0 Å². The lowest BCUT2D eigenvalue weighted by Gasteiger charge is -2.17. The van der Waals surface area contributed by atoms with Gasteiger partial charge in [-0.15, -0.1) is 0 Å². The van der Waals surface area contributed by atoms with E-state index in [1.807, 2.05) is 10.6 Å². The van der Waals surface area contributed by atoms with Gasteiger partial charge >= 0.3 is 18.5 Å². The first-order valence-electron chi connectivity index (χ1n) is 10.2. The molecule has 0 unspecified atom stereocenters. The van der Waals surface area contributed by atoms with Crippen molar-refractivity contribution in [1.29, 1.82) is 0 Å². The number of alkyl halides is 9. The van der Waals surface area contributed by atoms with E-state index < -0.39 is 75.2 Å². The maximum absolute atomic E-state index is 13.7. The topological polar surface area (TPSA) is 110 Å². The van der Waals surface area contributed by atoms with Crippen molar-refractivity contribution in [2.24, 2.45) is 0 Å². The third-order valence-electron chi connectivity index (χ3n) is 5.04. The van der Waals surface area contributed by atoms with Crippen LogP contribution in [0, 0.1) is 0 Å². The van der Waals surface area contributed by atoms with E-state index in [0.717, 1.165) is 30.3 Å². The number of nitrogen functional groups attached to an aromatic ring is 2. The van der Waals surface area contributed by atoms with Gasteiger partial charge in [0.2, 0.25) is 0 Å². The number of rotatable bonds is 4. The molecular formula is C23H15F9N4O2. The Labute approximate surface area is 207 Å². The molecule has 6 N–H and O–H groups in total. The summed E-state index contributed by atoms with van der Waals surface area (Å²) >= 11 is 0. The van der Waals surface area contributed by atoms with Crippen molar-refractivity contribution in [3.05, 3.63) is 82.4 Å². The molecule has 0 aliphatic rings. The smallest absolute Gasteiger partial charge is 0.399 e. The second-order valence-corrected chi connectivity index (χ2v) is 7.77. The Bertz CT molecular complexity index is 1400. The number of anilines is 4. The van der Waals surface area contributed by atoms with Gasteiger partial charge in [0.1, 0.15) is 0 Å². The van der Waals surface area contributed by atoms with Gasteiger partial charge in [-0.3, -0.25) is 9.59 Å². The Kier molecular flexibility index (Phi) is 7.25. The monoisotopic (exact) mass is 550 g/mol. The molecule has 0 aliphatic carbocycles. The Morgan fingerprint density at radius 3 is 1.42 bits per heavy atom. The summed E-state index contributed by atoms with van der Waals surface area (Å²) in [5, 5.41) is 3.81. The van der Waals surface area contributed by atoms with E-state index in [1.54, 1.807) is 0 Å². The maximum atomic E-state index is 13.7. The van der Waals surface area contributed by atoms with Crippen molar-refractivity contribution in [3.63, 3.8) is 0 Å². The van der Waals surface area contributed by atoms with Crippen molar-refractivity contribution in [1.82, 2.24) is 0 Å². The highest BCUT2D eigenvalue weighted by molar-refractivity contribution is 6.08. The molecule has 0 aromatic heterocycles. The number of nitrogens with one attached hydrogen (secondary N) is 2. The van der Waals surface area contributed by atoms with E-state index in [1.165, 1.54) is 0 Å². The summed E-state index contributed by atoms with van der Waals surface area (Å²) < 4.78 is 120. The van der Waals surface area contributed by atoms with E-state index in [4.69, 9.17) is 11.5 Å². The molecule has 0 radical (unpaired) electrons. The minimum atomic E-state index is -5.20. The first-order chi connectivity index (χ1) is 17.4. The standard InChI is InChI=1S/C23H15F9N4O2/c24-21(25,26)15-7-10(33)1-4-13(15)19(37)35-11-2-5-14(16(8-11)22(27,28)29)20(38)36-12-3-6-18(34)17(9-12)23(30,31)32/h1-9H,33-34H2,(H,35,37)(H,36,38). The van der Waals surface area contributed by atoms with Crippen LogP contribution >= 0.6 is 0 Å². The summed E-state index contributed by atoms with van der Waals surface area (Å²) in [6.45, 7) is 0. The van der Waals surface area contributed by atoms with Gasteiger partial charge in [-0.1, -0.05) is 0 Å². The quantitative estimate of drug-likeness (QED) is 0.222. The number of nitrogens with two attached hydrogens (primary N) is 2. The summed E-state index contributed by atoms with van der Waals surface area (Å²) in [5.74, 6) is -2.87. The van der Waals surface area contributed by atoms with Gasteiger partial charge in [-0.2, -0.15) is 39.5 Å². The van der Waals surface area contributed by atoms with Gasteiger partial charge in [-0.05, 0) is 54.6 Å². The summed E-state index contributed by atoms with van der Waals surface area (Å²) in [5.41, 5.74) is 2.13. The molecule has 3 rings (SSSR count). The third-order valence-corrected chi connectivity index (χ3v) is 5.04. The van der Waals surface area contributed by atoms with Crippen LogP contribution in [0.15, 0.2) is 54.6 Å². The summed E-state index contributed by atoms with van der Waals surface area (Å²) in [6, 6.07) is 6.07. The van der Waals surface area contributed by atoms with Gasteiger partial charge < -0.3 is 22.1 Å². The summed E-state index contributed by atoms with van der Waals surface area (Å²) in [6.07, 6.45) is -15.1. The lowest BCUT2D eigenvalue weighted by Crippen LogP contribution is -2.21. The fourth-order valence-corrected chi connectivity index (χ4v) is 3.33. The van der Waals surface area contributed by atoms with Crippen LogP contribution in [0.25, 0.3) is 0 Å². The van der Waals surface area contributed by atoms with Crippen LogP contribution < -0.4 is 22.1 Å². The van der Waals surface area contributed by atoms with Gasteiger partial charge in [-0.25, -0.2) is 0 Å². The Balaban J connectivity index is 1.94. The van der Waals surface area contributed by atoms with Crippen LogP contribution in [0.3, 0.4) is 0 Å². The zero-order chi connectivity index (χ0) is 28.6. The molecule has 3 aromatic carbocycles. The predicted octanol–water partition coefficient (Wildman–Crippen LogP) is 6.41. The zero-order valence-corrected chi connectivity index (χ0v) is 18.6. The van der Waals surface area contributed by atoms with E-state index in [9.17, 15) is 49.1 Å². The summed E-state index contributed by atoms with van der Waals surface area (Å²) in [4.78, 5) is 25.0. The van der Waals surface area contributed by atoms with Crippen LogP contribution in [0.5, 0.6) is 0 Å². The molecule has 0 atom stereocenters. The zero-order valence-electron chi connectivity index (χ0n) is 18.6. The number of benzene rings is 3. The normalized spacial score (nSPS) is 12.2. The number of hydrogen-bond donors (Lipinski definition) is 4. The lowest BCUT2D eigenvalue weighted by molar-refractivity contribution is -0.138. The first-order valence-corrected chi connectivity index (χ1v) is 10.2. The molecular weight excluding hydrogens is 535 g/mol. The van der Waals surface area contributed by atoms with Crippen LogP contribution in [0.1, 0.15) is 37.4 Å². The minimum Gasteiger partial charge on any atom is -0.399 e. The van der Waals surface area contributed by atoms with Crippen LogP contribution in [-0.2, 0) is 18.5 Å². The van der Waals surface area contributed by atoms with Crippen molar-refractivity contribution in [2.45, 2.75) is 18.5 Å². The first kappa shape index (κ1) is 28.1. The van der Waals surface area contributed by atoms with Crippen LogP contribution in [0.4, 0.5) is 62.3 Å². The van der Waals surface area contributed by atoms with Crippen LogP contribution in [-0.4, -0.2) is 11.8 Å². The molecule has 3 aromatic rings. The number of carbonyl (C=O) groups excluding carboxylic acids is 2. The van der Waals surface area contributed by atoms with Crippen molar-refractivity contribution < 1.29 is 49.1 Å². The number of amides is 2. The molecule has 0 bridgehead atoms. The van der Waals surface area contributed by atoms with Gasteiger partial charge in [0.05, 0.1) is 27.8 Å². The van der Waals surface area contributed by atoms with Gasteiger partial charge in [0, 0.05) is 22.7 Å². The van der Waals surface area contributed by atoms with Gasteiger partial charge in [0.25, 0.3) is 11.8 Å². The average Bonchev–Trinajstić information content (AvgIpc) is 2.78. The van der Waals surface area contributed by atoms with Crippen LogP contribution in [0.2, 0.25) is 0 Å². The Morgan fingerprint density at radius 2 is 0.947 bits per heavy atom. The molecule has 15 heteroatoms. The Morgan fingerprint density at radius 1 is 0.553 bits per heavy atom. The molecule has 0 saturated heterocycles. The highest BCUT2D eigenvalue weighted by Gasteiger charge is 2.38. The molecule has 6 nitrogen and oxygen atoms in total. The van der Waals surface area contributed by atoms with Crippen molar-refractivity contribution in [2.75, 3.05) is 22.1 Å². The molecule has 0 spiro atoms. The highest BCUT2D eigenvalue weighted by Crippen LogP contribution is 2.37. The van der Waals surface area contributed by atoms with E-state index in [0.29, 0.717) is 24.3 Å². The second-order valence-electron chi connectivity index (χ2n) is 7.77. The van der Waals surface area contributed by atoms with E-state index in [2.05, 4.69) is 0 Å². The maximum Gasteiger partial charge on any atom is 0.418 e. The lowest BCUT2D eigenvalue weighted by atomic mass is 10.0. The van der Waals surface area contributed by atoms with Gasteiger partial charge in [0.15, 0.2) is 0 Å². The third kappa shape index (κ3) is 6.27. The Hall–Kier alpha value is -4.43. The second kappa shape index (κ2) is 9.79. The largest absolute Gasteiger partial charge is 0.418 e. The fraction of sp³-hybridized carbons (Fsp3) is 0.130. The van der Waals surface area contributed by atoms with E-state index >= 15 is 0 Å². The average molecular weight is 550 g/mol. The molecule has 38 heavy (non-hydrogen) atoms. The van der Waals surface area contributed by atoms with Crippen molar-refractivity contribution >= 4 is 34.6 Å². The molecule has 0 fully saturated rings. The molecule has 202 valence electrons.